The Morgan fingerprint density at radius 1 is 0.708 bits per heavy atom. The van der Waals surface area contributed by atoms with Gasteiger partial charge in [0.15, 0.2) is 0 Å². The largest absolute Gasteiger partial charge is 0.461 e. The molecule has 8 rings (SSSR count). The lowest BCUT2D eigenvalue weighted by Gasteiger charge is -2.32. The highest BCUT2D eigenvalue weighted by Crippen LogP contribution is 2.40. The van der Waals surface area contributed by atoms with E-state index in [9.17, 15) is 24.0 Å². The molecule has 0 fully saturated rings. The zero-order valence-corrected chi connectivity index (χ0v) is 25.8. The number of nitrogens with zero attached hydrogens (tertiary/aromatic N) is 2. The van der Waals surface area contributed by atoms with E-state index in [2.05, 4.69) is 12.2 Å². The molecule has 2 aliphatic heterocycles. The molecule has 0 atom stereocenters. The van der Waals surface area contributed by atoms with Crippen molar-refractivity contribution in [2.45, 2.75) is 32.3 Å². The highest BCUT2D eigenvalue weighted by molar-refractivity contribution is 6.42. The Morgan fingerprint density at radius 3 is 1.90 bits per heavy atom. The van der Waals surface area contributed by atoms with Gasteiger partial charge in [0.1, 0.15) is 6.61 Å². The summed E-state index contributed by atoms with van der Waals surface area (Å²) in [6.07, 6.45) is 14.9. The first kappa shape index (κ1) is 29.3. The molecular weight excluding hydrogens is 604 g/mol. The average molecular weight is 633 g/mol. The van der Waals surface area contributed by atoms with Crippen LogP contribution in [0.1, 0.15) is 78.2 Å². The van der Waals surface area contributed by atoms with Crippen LogP contribution in [0.15, 0.2) is 115 Å². The smallest absolute Gasteiger partial charge is 0.306 e. The molecule has 0 unspecified atom stereocenters. The molecule has 0 aromatic heterocycles. The van der Waals surface area contributed by atoms with Gasteiger partial charge in [-0.3, -0.25) is 24.0 Å². The van der Waals surface area contributed by atoms with Crippen LogP contribution >= 0.6 is 0 Å². The average Bonchev–Trinajstić information content (AvgIpc) is 3.84. The van der Waals surface area contributed by atoms with Gasteiger partial charge in [-0.25, -0.2) is 9.80 Å². The summed E-state index contributed by atoms with van der Waals surface area (Å²) < 4.78 is 5.47. The second-order valence-corrected chi connectivity index (χ2v) is 12.1. The fourth-order valence-electron chi connectivity index (χ4n) is 6.78. The number of hydrogen-bond acceptors (Lipinski definition) is 6. The summed E-state index contributed by atoms with van der Waals surface area (Å²) in [4.78, 5) is 70.2. The highest BCUT2D eigenvalue weighted by Gasteiger charge is 2.40. The zero-order chi connectivity index (χ0) is 32.9. The molecule has 4 aromatic carbocycles. The van der Waals surface area contributed by atoms with Crippen LogP contribution in [0, 0.1) is 0 Å². The number of rotatable bonds is 8. The monoisotopic (exact) mass is 632 g/mol. The first-order valence-electron chi connectivity index (χ1n) is 15.8. The molecule has 4 aromatic rings. The second kappa shape index (κ2) is 11.6. The minimum absolute atomic E-state index is 0.00254. The third-order valence-electron chi connectivity index (χ3n) is 9.19. The Balaban J connectivity index is 1.07. The van der Waals surface area contributed by atoms with Crippen LogP contribution in [-0.2, 0) is 16.1 Å². The van der Waals surface area contributed by atoms with Crippen molar-refractivity contribution in [3.8, 4) is 0 Å². The molecule has 0 saturated carbocycles. The van der Waals surface area contributed by atoms with Crippen LogP contribution in [0.3, 0.4) is 0 Å². The number of carbonyl (C=O) groups is 5. The molecule has 0 bridgehead atoms. The molecule has 0 spiro atoms. The lowest BCUT2D eigenvalue weighted by molar-refractivity contribution is -0.144. The molecule has 2 heterocycles. The number of ether oxygens (including phenoxy) is 1. The van der Waals surface area contributed by atoms with Crippen molar-refractivity contribution in [1.82, 2.24) is 0 Å². The van der Waals surface area contributed by atoms with Gasteiger partial charge >= 0.3 is 5.97 Å². The van der Waals surface area contributed by atoms with Crippen LogP contribution in [-0.4, -0.2) is 29.6 Å². The third-order valence-corrected chi connectivity index (χ3v) is 9.19. The molecule has 4 aliphatic rings. The Morgan fingerprint density at radius 2 is 1.33 bits per heavy atom. The van der Waals surface area contributed by atoms with Gasteiger partial charge in [0.25, 0.3) is 23.6 Å². The summed E-state index contributed by atoms with van der Waals surface area (Å²) in [5.41, 5.74) is 5.56. The van der Waals surface area contributed by atoms with Crippen molar-refractivity contribution >= 4 is 57.3 Å². The van der Waals surface area contributed by atoms with E-state index >= 15 is 0 Å². The Kier molecular flexibility index (Phi) is 7.06. The topological polar surface area (TPSA) is 101 Å². The molecule has 0 radical (unpaired) electrons. The van der Waals surface area contributed by atoms with Crippen molar-refractivity contribution in [3.63, 3.8) is 0 Å². The maximum Gasteiger partial charge on any atom is 0.306 e. The van der Waals surface area contributed by atoms with E-state index in [1.54, 1.807) is 60.7 Å². The molecule has 0 saturated heterocycles. The number of benzene rings is 4. The van der Waals surface area contributed by atoms with E-state index in [4.69, 9.17) is 4.74 Å². The van der Waals surface area contributed by atoms with Crippen molar-refractivity contribution < 1.29 is 28.7 Å². The molecule has 8 nitrogen and oxygen atoms in total. The molecule has 48 heavy (non-hydrogen) atoms. The highest BCUT2D eigenvalue weighted by atomic mass is 16.5. The van der Waals surface area contributed by atoms with E-state index in [1.165, 1.54) is 5.57 Å². The predicted molar refractivity (Wildman–Crippen MR) is 182 cm³/mol. The summed E-state index contributed by atoms with van der Waals surface area (Å²) >= 11 is 0. The molecule has 2 aliphatic carbocycles. The summed E-state index contributed by atoms with van der Waals surface area (Å²) in [5, 5.41) is 0.603. The molecule has 4 amide bonds. The fraction of sp³-hybridized carbons (Fsp3) is 0.125. The number of imide groups is 2. The summed E-state index contributed by atoms with van der Waals surface area (Å²) in [6, 6.07) is 20.2. The minimum atomic E-state index is -0.572. The van der Waals surface area contributed by atoms with Crippen molar-refractivity contribution in [1.29, 1.82) is 0 Å². The number of hydrogen-bond donors (Lipinski definition) is 0. The van der Waals surface area contributed by atoms with Crippen LogP contribution in [0.4, 0.5) is 11.4 Å². The van der Waals surface area contributed by atoms with E-state index in [-0.39, 0.29) is 41.3 Å². The van der Waals surface area contributed by atoms with Crippen molar-refractivity contribution in [3.05, 3.63) is 148 Å². The summed E-state index contributed by atoms with van der Waals surface area (Å²) in [6.45, 7) is -0.00254. The normalized spacial score (nSPS) is 16.2. The van der Waals surface area contributed by atoms with E-state index in [0.717, 1.165) is 33.8 Å². The zero-order valence-electron chi connectivity index (χ0n) is 25.8. The van der Waals surface area contributed by atoms with E-state index in [1.807, 2.05) is 36.4 Å². The number of esters is 1. The van der Waals surface area contributed by atoms with Gasteiger partial charge in [-0.2, -0.15) is 0 Å². The Bertz CT molecular complexity index is 2170. The summed E-state index contributed by atoms with van der Waals surface area (Å²) in [5.74, 6) is -2.52. The first-order chi connectivity index (χ1) is 23.4. The Labute approximate surface area is 275 Å². The van der Waals surface area contributed by atoms with Gasteiger partial charge in [-0.1, -0.05) is 66.3 Å². The van der Waals surface area contributed by atoms with Crippen molar-refractivity contribution in [2.75, 3.05) is 9.80 Å². The number of anilines is 2. The standard InChI is InChI=1S/C40H28N2O6/c43-34(21-12-24-6-1-2-7-24)48-23-25-8-5-11-29(22-25)42-39(46)32-19-17-30-35-31(18-20-33(36(32)35)40(42)47)38(45)41(37(30)44)28-15-13-27(14-16-28)26-9-3-4-10-26/h1-3,5-6,8-11,13-20,22H,4,7,12,21,23H2. The molecule has 234 valence electrons. The van der Waals surface area contributed by atoms with Gasteiger partial charge in [-0.15, -0.1) is 0 Å². The lowest BCUT2D eigenvalue weighted by Crippen LogP contribution is -2.43. The Hall–Kier alpha value is -6.15. The molecule has 8 heteroatoms. The number of amides is 4. The van der Waals surface area contributed by atoms with Gasteiger partial charge < -0.3 is 4.74 Å². The SMILES string of the molecule is O=C(CCC1=CC=CC1)OCc1cccc(N2C(=O)c3ccc4c5c(ccc(c35)C2=O)C(=O)N(c2ccc(C3=CCC=C3)cc2)C4=O)c1. The van der Waals surface area contributed by atoms with Gasteiger partial charge in [0.05, 0.1) is 11.4 Å². The summed E-state index contributed by atoms with van der Waals surface area (Å²) in [7, 11) is 0. The quantitative estimate of drug-likeness (QED) is 0.147. The van der Waals surface area contributed by atoms with Gasteiger partial charge in [0.2, 0.25) is 0 Å². The second-order valence-electron chi connectivity index (χ2n) is 12.1. The number of carbonyl (C=O) groups excluding carboxylic acids is 5. The van der Waals surface area contributed by atoms with Crippen LogP contribution < -0.4 is 9.80 Å². The van der Waals surface area contributed by atoms with Gasteiger partial charge in [-0.05, 0) is 84.5 Å². The minimum Gasteiger partial charge on any atom is -0.461 e. The maximum absolute atomic E-state index is 13.9. The maximum atomic E-state index is 13.9. The van der Waals surface area contributed by atoms with E-state index < -0.39 is 23.6 Å². The fourth-order valence-corrected chi connectivity index (χ4v) is 6.78. The molecular formula is C40H28N2O6. The van der Waals surface area contributed by atoms with Crippen LogP contribution in [0.5, 0.6) is 0 Å². The first-order valence-corrected chi connectivity index (χ1v) is 15.8. The lowest BCUT2D eigenvalue weighted by atomic mass is 9.85. The number of allylic oxidation sites excluding steroid dienone is 8. The molecule has 0 N–H and O–H groups in total. The predicted octanol–water partition coefficient (Wildman–Crippen LogP) is 7.49. The van der Waals surface area contributed by atoms with Crippen LogP contribution in [0.2, 0.25) is 0 Å². The van der Waals surface area contributed by atoms with Crippen LogP contribution in [0.25, 0.3) is 16.3 Å². The van der Waals surface area contributed by atoms with Crippen molar-refractivity contribution in [2.24, 2.45) is 0 Å². The van der Waals surface area contributed by atoms with E-state index in [0.29, 0.717) is 34.1 Å². The third kappa shape index (κ3) is 4.81. The van der Waals surface area contributed by atoms with Gasteiger partial charge in [0, 0.05) is 39.4 Å².